The van der Waals surface area contributed by atoms with Crippen molar-refractivity contribution in [2.75, 3.05) is 6.26 Å². The Bertz CT molecular complexity index is 500. The van der Waals surface area contributed by atoms with Gasteiger partial charge in [0.05, 0.1) is 9.71 Å². The summed E-state index contributed by atoms with van der Waals surface area (Å²) in [6.45, 7) is 2.01. The van der Waals surface area contributed by atoms with Crippen LogP contribution in [0.1, 0.15) is 21.4 Å². The van der Waals surface area contributed by atoms with Crippen molar-refractivity contribution >= 4 is 46.3 Å². The minimum absolute atomic E-state index is 0.116. The van der Waals surface area contributed by atoms with E-state index in [1.54, 1.807) is 23.1 Å². The molecule has 1 unspecified atom stereocenters. The van der Waals surface area contributed by atoms with Gasteiger partial charge in [0.15, 0.2) is 0 Å². The minimum atomic E-state index is -0.116. The number of thiophene rings is 1. The van der Waals surface area contributed by atoms with E-state index in [1.165, 1.54) is 4.90 Å². The van der Waals surface area contributed by atoms with E-state index in [0.29, 0.717) is 0 Å². The average molecular weight is 303 g/mol. The third kappa shape index (κ3) is 2.82. The highest BCUT2D eigenvalue weighted by atomic mass is 35.5. The monoisotopic (exact) mass is 302 g/mol. The molecule has 1 aromatic heterocycles. The van der Waals surface area contributed by atoms with E-state index < -0.39 is 0 Å². The van der Waals surface area contributed by atoms with E-state index in [4.69, 9.17) is 23.2 Å². The van der Waals surface area contributed by atoms with Crippen LogP contribution < -0.4 is 0 Å². The summed E-state index contributed by atoms with van der Waals surface area (Å²) in [5.74, 6) is 0. The summed E-state index contributed by atoms with van der Waals surface area (Å²) in [5, 5.41) is -0.116. The Morgan fingerprint density at radius 2 is 2.00 bits per heavy atom. The SMILES string of the molecule is CSc1ccccc1C(Cl)c1cc(C)c(Cl)s1. The topological polar surface area (TPSA) is 0 Å². The fourth-order valence-electron chi connectivity index (χ4n) is 1.64. The van der Waals surface area contributed by atoms with Crippen molar-refractivity contribution in [2.45, 2.75) is 17.2 Å². The van der Waals surface area contributed by atoms with E-state index >= 15 is 0 Å². The van der Waals surface area contributed by atoms with Gasteiger partial charge in [0.2, 0.25) is 0 Å². The van der Waals surface area contributed by atoms with E-state index in [9.17, 15) is 0 Å². The van der Waals surface area contributed by atoms with Crippen molar-refractivity contribution < 1.29 is 0 Å². The van der Waals surface area contributed by atoms with Crippen LogP contribution in [0.3, 0.4) is 0 Å². The maximum absolute atomic E-state index is 6.54. The first-order valence-corrected chi connectivity index (χ1v) is 8.02. The second kappa shape index (κ2) is 5.66. The number of rotatable bonds is 3. The van der Waals surface area contributed by atoms with Crippen LogP contribution in [0, 0.1) is 6.92 Å². The van der Waals surface area contributed by atoms with Crippen molar-refractivity contribution in [1.82, 2.24) is 0 Å². The molecule has 0 aliphatic rings. The first kappa shape index (κ1) is 13.3. The molecule has 17 heavy (non-hydrogen) atoms. The number of alkyl halides is 1. The number of aryl methyl sites for hydroxylation is 1. The van der Waals surface area contributed by atoms with Gasteiger partial charge in [-0.15, -0.1) is 34.7 Å². The molecular formula is C13H12Cl2S2. The normalized spacial score (nSPS) is 12.7. The first-order chi connectivity index (χ1) is 8.13. The fourth-order valence-corrected chi connectivity index (χ4v) is 3.94. The summed E-state index contributed by atoms with van der Waals surface area (Å²) in [4.78, 5) is 2.32. The van der Waals surface area contributed by atoms with E-state index in [2.05, 4.69) is 24.5 Å². The van der Waals surface area contributed by atoms with Crippen molar-refractivity contribution in [1.29, 1.82) is 0 Å². The summed E-state index contributed by atoms with van der Waals surface area (Å²) in [5.41, 5.74) is 2.25. The minimum Gasteiger partial charge on any atom is -0.129 e. The van der Waals surface area contributed by atoms with Gasteiger partial charge in [-0.25, -0.2) is 0 Å². The summed E-state index contributed by atoms with van der Waals surface area (Å²) < 4.78 is 0.826. The molecular weight excluding hydrogens is 291 g/mol. The maximum atomic E-state index is 6.54. The van der Waals surface area contributed by atoms with Crippen LogP contribution in [0.25, 0.3) is 0 Å². The van der Waals surface area contributed by atoms with Crippen molar-refractivity contribution in [3.8, 4) is 0 Å². The largest absolute Gasteiger partial charge is 0.129 e. The molecule has 0 nitrogen and oxygen atoms in total. The molecule has 2 rings (SSSR count). The zero-order valence-electron chi connectivity index (χ0n) is 9.54. The third-order valence-corrected chi connectivity index (χ3v) is 5.57. The van der Waals surface area contributed by atoms with Crippen LogP contribution in [0.5, 0.6) is 0 Å². The lowest BCUT2D eigenvalue weighted by atomic mass is 10.1. The predicted octanol–water partition coefficient (Wildman–Crippen LogP) is 5.76. The highest BCUT2D eigenvalue weighted by molar-refractivity contribution is 7.98. The highest BCUT2D eigenvalue weighted by Gasteiger charge is 2.17. The Kier molecular flexibility index (Phi) is 4.42. The molecule has 1 aromatic carbocycles. The van der Waals surface area contributed by atoms with Gasteiger partial charge in [-0.3, -0.25) is 0 Å². The predicted molar refractivity (Wildman–Crippen MR) is 80.0 cm³/mol. The molecule has 0 spiro atoms. The van der Waals surface area contributed by atoms with Gasteiger partial charge < -0.3 is 0 Å². The zero-order chi connectivity index (χ0) is 12.4. The Balaban J connectivity index is 2.39. The Hall–Kier alpha value is -0.150. The maximum Gasteiger partial charge on any atom is 0.0960 e. The Morgan fingerprint density at radius 1 is 1.29 bits per heavy atom. The molecule has 0 saturated heterocycles. The lowest BCUT2D eigenvalue weighted by Crippen LogP contribution is -1.92. The summed E-state index contributed by atoms with van der Waals surface area (Å²) in [7, 11) is 0. The van der Waals surface area contributed by atoms with Gasteiger partial charge in [-0.2, -0.15) is 0 Å². The Morgan fingerprint density at radius 3 is 2.59 bits per heavy atom. The van der Waals surface area contributed by atoms with E-state index in [1.807, 2.05) is 19.1 Å². The second-order valence-corrected chi connectivity index (χ2v) is 6.68. The Labute approximate surface area is 120 Å². The van der Waals surface area contributed by atoms with Crippen molar-refractivity contribution in [3.05, 3.63) is 50.7 Å². The molecule has 0 aliphatic heterocycles. The summed E-state index contributed by atoms with van der Waals surface area (Å²) >= 11 is 15.9. The van der Waals surface area contributed by atoms with Crippen LogP contribution in [0.2, 0.25) is 4.34 Å². The molecule has 4 heteroatoms. The number of hydrogen-bond acceptors (Lipinski definition) is 2. The summed E-state index contributed by atoms with van der Waals surface area (Å²) in [6, 6.07) is 10.3. The second-order valence-electron chi connectivity index (χ2n) is 3.71. The van der Waals surface area contributed by atoms with Crippen molar-refractivity contribution in [2.24, 2.45) is 0 Å². The molecule has 1 heterocycles. The molecule has 2 aromatic rings. The van der Waals surface area contributed by atoms with Gasteiger partial charge in [0, 0.05) is 9.77 Å². The average Bonchev–Trinajstić information content (AvgIpc) is 2.68. The van der Waals surface area contributed by atoms with E-state index in [-0.39, 0.29) is 5.38 Å². The summed E-state index contributed by atoms with van der Waals surface area (Å²) in [6.07, 6.45) is 2.06. The molecule has 1 atom stereocenters. The lowest BCUT2D eigenvalue weighted by molar-refractivity contribution is 1.11. The van der Waals surface area contributed by atoms with Gasteiger partial charge >= 0.3 is 0 Å². The van der Waals surface area contributed by atoms with Crippen LogP contribution >= 0.6 is 46.3 Å². The van der Waals surface area contributed by atoms with Gasteiger partial charge in [-0.05, 0) is 36.4 Å². The van der Waals surface area contributed by atoms with Gasteiger partial charge in [0.1, 0.15) is 0 Å². The highest BCUT2D eigenvalue weighted by Crippen LogP contribution is 2.40. The van der Waals surface area contributed by atoms with Gasteiger partial charge in [0.25, 0.3) is 0 Å². The van der Waals surface area contributed by atoms with E-state index in [0.717, 1.165) is 20.3 Å². The van der Waals surface area contributed by atoms with Crippen LogP contribution in [0.4, 0.5) is 0 Å². The fraction of sp³-hybridized carbons (Fsp3) is 0.231. The van der Waals surface area contributed by atoms with Crippen molar-refractivity contribution in [3.63, 3.8) is 0 Å². The smallest absolute Gasteiger partial charge is 0.0960 e. The molecule has 0 amide bonds. The molecule has 0 fully saturated rings. The molecule has 90 valence electrons. The standard InChI is InChI=1S/C13H12Cl2S2/c1-8-7-11(17-13(8)15)12(14)9-5-3-4-6-10(9)16-2/h3-7,12H,1-2H3. The molecule has 0 bridgehead atoms. The number of halogens is 2. The molecule has 0 saturated carbocycles. The number of hydrogen-bond donors (Lipinski definition) is 0. The van der Waals surface area contributed by atoms with Crippen LogP contribution in [-0.2, 0) is 0 Å². The lowest BCUT2D eigenvalue weighted by Gasteiger charge is -2.11. The molecule has 0 radical (unpaired) electrons. The molecule has 0 aliphatic carbocycles. The quantitative estimate of drug-likeness (QED) is 0.513. The van der Waals surface area contributed by atoms with Crippen LogP contribution in [-0.4, -0.2) is 6.26 Å². The third-order valence-electron chi connectivity index (χ3n) is 2.54. The molecule has 0 N–H and O–H groups in total. The van der Waals surface area contributed by atoms with Crippen LogP contribution in [0.15, 0.2) is 35.2 Å². The van der Waals surface area contributed by atoms with Gasteiger partial charge in [-0.1, -0.05) is 29.8 Å². The zero-order valence-corrected chi connectivity index (χ0v) is 12.7. The number of thioether (sulfide) groups is 1. The first-order valence-electron chi connectivity index (χ1n) is 5.16. The number of benzene rings is 1.